The lowest BCUT2D eigenvalue weighted by Crippen LogP contribution is -2.43. The van der Waals surface area contributed by atoms with Crippen LogP contribution in [0.3, 0.4) is 0 Å². The number of fused-ring (bicyclic) bond motifs is 2. The number of aromatic nitrogens is 5. The van der Waals surface area contributed by atoms with Crippen molar-refractivity contribution in [2.24, 2.45) is 0 Å². The van der Waals surface area contributed by atoms with Crippen LogP contribution in [0.25, 0.3) is 16.7 Å². The topological polar surface area (TPSA) is 91.2 Å². The van der Waals surface area contributed by atoms with Gasteiger partial charge in [0.25, 0.3) is 5.91 Å². The van der Waals surface area contributed by atoms with E-state index in [1.165, 1.54) is 4.40 Å². The number of imidazole rings is 1. The van der Waals surface area contributed by atoms with Crippen LogP contribution in [0.5, 0.6) is 0 Å². The molecule has 4 aromatic heterocycles. The average molecular weight is 457 g/mol. The second-order valence-electron chi connectivity index (χ2n) is 8.31. The van der Waals surface area contributed by atoms with Gasteiger partial charge >= 0.3 is 6.18 Å². The largest absolute Gasteiger partial charge is 0.434 e. The summed E-state index contributed by atoms with van der Waals surface area (Å²) in [6.45, 7) is 0. The maximum Gasteiger partial charge on any atom is 0.434 e. The van der Waals surface area contributed by atoms with Gasteiger partial charge in [0.1, 0.15) is 17.0 Å². The van der Waals surface area contributed by atoms with Gasteiger partial charge in [-0.25, -0.2) is 4.98 Å². The van der Waals surface area contributed by atoms with Crippen LogP contribution in [0.2, 0.25) is 0 Å². The van der Waals surface area contributed by atoms with Crippen LogP contribution in [-0.4, -0.2) is 49.6 Å². The molecule has 0 unspecified atom stereocenters. The summed E-state index contributed by atoms with van der Waals surface area (Å²) in [5, 5.41) is 9.85. The van der Waals surface area contributed by atoms with Gasteiger partial charge in [0, 0.05) is 31.5 Å². The Morgan fingerprint density at radius 1 is 1.21 bits per heavy atom. The van der Waals surface area contributed by atoms with E-state index in [1.54, 1.807) is 36.7 Å². The van der Waals surface area contributed by atoms with Crippen LogP contribution in [-0.2, 0) is 6.18 Å². The number of hydrogen-bond acceptors (Lipinski definition) is 5. The quantitative estimate of drug-likeness (QED) is 0.487. The predicted octanol–water partition coefficient (Wildman–Crippen LogP) is 3.80. The fourth-order valence-corrected chi connectivity index (χ4v) is 4.52. The number of carbonyl (C=O) groups excluding carboxylic acids is 1. The molecule has 0 atom stereocenters. The molecule has 0 aliphatic heterocycles. The molecule has 0 aromatic carbocycles. The molecule has 0 spiro atoms. The molecular weight excluding hydrogens is 435 g/mol. The summed E-state index contributed by atoms with van der Waals surface area (Å²) in [5.41, 5.74) is 1.10. The first-order valence-electron chi connectivity index (χ1n) is 10.7. The Morgan fingerprint density at radius 3 is 2.76 bits per heavy atom. The number of anilines is 1. The molecule has 0 saturated heterocycles. The molecule has 4 heterocycles. The summed E-state index contributed by atoms with van der Waals surface area (Å²) >= 11 is 0. The lowest BCUT2D eigenvalue weighted by molar-refractivity contribution is -0.140. The normalized spacial score (nSPS) is 19.2. The van der Waals surface area contributed by atoms with E-state index in [2.05, 4.69) is 25.5 Å². The molecule has 2 N–H and O–H groups in total. The van der Waals surface area contributed by atoms with E-state index in [9.17, 15) is 18.0 Å². The SMILES string of the molecule is CN(c1cccc2nc(C(F)(F)F)cn12)[C@H]1CC[C@@H](NC(=O)c2ccnc3cn[nH]c23)CC1. The number of rotatable bonds is 4. The minimum Gasteiger partial charge on any atom is -0.358 e. The van der Waals surface area contributed by atoms with Crippen LogP contribution in [0.4, 0.5) is 19.0 Å². The van der Waals surface area contributed by atoms with Gasteiger partial charge < -0.3 is 10.2 Å². The third-order valence-electron chi connectivity index (χ3n) is 6.29. The van der Waals surface area contributed by atoms with E-state index in [0.29, 0.717) is 22.4 Å². The highest BCUT2D eigenvalue weighted by atomic mass is 19.4. The lowest BCUT2D eigenvalue weighted by Gasteiger charge is -2.36. The van der Waals surface area contributed by atoms with Crippen molar-refractivity contribution in [1.82, 2.24) is 29.9 Å². The van der Waals surface area contributed by atoms with Crippen molar-refractivity contribution in [2.75, 3.05) is 11.9 Å². The van der Waals surface area contributed by atoms with Crippen molar-refractivity contribution in [3.05, 3.63) is 54.1 Å². The maximum atomic E-state index is 13.1. The van der Waals surface area contributed by atoms with Gasteiger partial charge in [0.05, 0.1) is 17.3 Å². The molecule has 172 valence electrons. The summed E-state index contributed by atoms with van der Waals surface area (Å²) < 4.78 is 40.8. The molecule has 4 aromatic rings. The van der Waals surface area contributed by atoms with Crippen LogP contribution in [0, 0.1) is 0 Å². The molecule has 5 rings (SSSR count). The number of nitrogens with one attached hydrogen (secondary N) is 2. The Hall–Kier alpha value is -3.63. The Kier molecular flexibility index (Phi) is 5.18. The first kappa shape index (κ1) is 21.2. The average Bonchev–Trinajstić information content (AvgIpc) is 3.45. The number of nitrogens with zero attached hydrogens (tertiary/aromatic N) is 5. The molecule has 1 aliphatic carbocycles. The summed E-state index contributed by atoms with van der Waals surface area (Å²) in [4.78, 5) is 22.7. The van der Waals surface area contributed by atoms with E-state index < -0.39 is 11.9 Å². The lowest BCUT2D eigenvalue weighted by atomic mass is 9.90. The van der Waals surface area contributed by atoms with Crippen LogP contribution >= 0.6 is 0 Å². The summed E-state index contributed by atoms with van der Waals surface area (Å²) in [5.74, 6) is 0.479. The Balaban J connectivity index is 1.26. The number of amides is 1. The Bertz CT molecular complexity index is 1300. The molecule has 1 amide bonds. The van der Waals surface area contributed by atoms with Crippen molar-refractivity contribution in [2.45, 2.75) is 43.9 Å². The molecule has 1 fully saturated rings. The summed E-state index contributed by atoms with van der Waals surface area (Å²) in [7, 11) is 1.89. The van der Waals surface area contributed by atoms with Crippen LogP contribution < -0.4 is 10.2 Å². The van der Waals surface area contributed by atoms with E-state index in [1.807, 2.05) is 11.9 Å². The van der Waals surface area contributed by atoms with Gasteiger partial charge in [-0.2, -0.15) is 18.3 Å². The molecule has 1 saturated carbocycles. The fraction of sp³-hybridized carbons (Fsp3) is 0.364. The van der Waals surface area contributed by atoms with E-state index >= 15 is 0 Å². The highest BCUT2D eigenvalue weighted by molar-refractivity contribution is 6.04. The first-order chi connectivity index (χ1) is 15.8. The van der Waals surface area contributed by atoms with Gasteiger partial charge in [-0.3, -0.25) is 19.3 Å². The number of carbonyl (C=O) groups is 1. The molecule has 1 aliphatic rings. The zero-order chi connectivity index (χ0) is 23.2. The second kappa shape index (κ2) is 8.05. The molecule has 33 heavy (non-hydrogen) atoms. The third kappa shape index (κ3) is 3.98. The number of hydrogen-bond donors (Lipinski definition) is 2. The van der Waals surface area contributed by atoms with Crippen molar-refractivity contribution < 1.29 is 18.0 Å². The van der Waals surface area contributed by atoms with Gasteiger partial charge in [0.15, 0.2) is 5.69 Å². The minimum absolute atomic E-state index is 0.0224. The number of halogens is 3. The van der Waals surface area contributed by atoms with E-state index in [0.717, 1.165) is 31.9 Å². The van der Waals surface area contributed by atoms with Crippen molar-refractivity contribution in [1.29, 1.82) is 0 Å². The number of aromatic amines is 1. The zero-order valence-electron chi connectivity index (χ0n) is 17.8. The van der Waals surface area contributed by atoms with Gasteiger partial charge in [-0.15, -0.1) is 0 Å². The van der Waals surface area contributed by atoms with E-state index in [-0.39, 0.29) is 23.6 Å². The maximum absolute atomic E-state index is 13.1. The Morgan fingerprint density at radius 2 is 2.00 bits per heavy atom. The molecule has 11 heteroatoms. The molecule has 0 radical (unpaired) electrons. The van der Waals surface area contributed by atoms with Crippen molar-refractivity contribution in [3.8, 4) is 0 Å². The van der Waals surface area contributed by atoms with Crippen molar-refractivity contribution in [3.63, 3.8) is 0 Å². The molecule has 8 nitrogen and oxygen atoms in total. The first-order valence-corrected chi connectivity index (χ1v) is 10.7. The number of alkyl halides is 3. The molecule has 0 bridgehead atoms. The predicted molar refractivity (Wildman–Crippen MR) is 116 cm³/mol. The minimum atomic E-state index is -4.49. The second-order valence-corrected chi connectivity index (χ2v) is 8.31. The number of pyridine rings is 2. The van der Waals surface area contributed by atoms with Gasteiger partial charge in [-0.05, 0) is 43.9 Å². The number of H-pyrrole nitrogens is 1. The van der Waals surface area contributed by atoms with Crippen LogP contribution in [0.1, 0.15) is 41.7 Å². The highest BCUT2D eigenvalue weighted by Crippen LogP contribution is 2.32. The van der Waals surface area contributed by atoms with E-state index in [4.69, 9.17) is 0 Å². The van der Waals surface area contributed by atoms with Crippen LogP contribution in [0.15, 0.2) is 42.9 Å². The monoisotopic (exact) mass is 457 g/mol. The molecular formula is C22H22F3N7O. The third-order valence-corrected chi connectivity index (χ3v) is 6.29. The highest BCUT2D eigenvalue weighted by Gasteiger charge is 2.34. The van der Waals surface area contributed by atoms with Crippen molar-refractivity contribution >= 4 is 28.4 Å². The fourth-order valence-electron chi connectivity index (χ4n) is 4.52. The smallest absolute Gasteiger partial charge is 0.358 e. The summed E-state index contributed by atoms with van der Waals surface area (Å²) in [6, 6.07) is 6.90. The summed E-state index contributed by atoms with van der Waals surface area (Å²) in [6.07, 6.45) is 2.85. The standard InChI is InChI=1S/C22H22F3N7O/c1-31(19-4-2-3-18-29-17(12-32(18)19)22(23,24)25)14-7-5-13(6-8-14)28-21(33)15-9-10-26-16-11-27-30-20(15)16/h2-4,9-14H,5-8H2,1H3,(H,27,30)(H,28,33)/t13-,14+. The zero-order valence-corrected chi connectivity index (χ0v) is 17.8. The Labute approximate surface area is 186 Å². The van der Waals surface area contributed by atoms with Gasteiger partial charge in [-0.1, -0.05) is 6.07 Å². The van der Waals surface area contributed by atoms with Gasteiger partial charge in [0.2, 0.25) is 0 Å².